The molecule has 0 bridgehead atoms. The smallest absolute Gasteiger partial charge is 0.334 e. The zero-order valence-corrected chi connectivity index (χ0v) is 17.3. The van der Waals surface area contributed by atoms with Crippen LogP contribution < -0.4 is 14.8 Å². The summed E-state index contributed by atoms with van der Waals surface area (Å²) in [6, 6.07) is 8.57. The molecule has 1 unspecified atom stereocenters. The van der Waals surface area contributed by atoms with Gasteiger partial charge in [0, 0.05) is 24.4 Å². The molecule has 0 aromatic heterocycles. The van der Waals surface area contributed by atoms with Gasteiger partial charge in [0.25, 0.3) is 0 Å². The highest BCUT2D eigenvalue weighted by atomic mass is 32.1. The van der Waals surface area contributed by atoms with Gasteiger partial charge in [0.2, 0.25) is 5.36 Å². The van der Waals surface area contributed by atoms with Gasteiger partial charge >= 0.3 is 5.97 Å². The van der Waals surface area contributed by atoms with Gasteiger partial charge in [0.05, 0.1) is 33.9 Å². The van der Waals surface area contributed by atoms with E-state index in [-0.39, 0.29) is 0 Å². The van der Waals surface area contributed by atoms with E-state index in [4.69, 9.17) is 9.72 Å². The lowest BCUT2D eigenvalue weighted by Gasteiger charge is -2.33. The third-order valence-corrected chi connectivity index (χ3v) is 6.23. The third kappa shape index (κ3) is 3.36. The van der Waals surface area contributed by atoms with Crippen molar-refractivity contribution in [3.8, 4) is 10.6 Å². The van der Waals surface area contributed by atoms with Crippen molar-refractivity contribution in [2.75, 3.05) is 38.7 Å². The Labute approximate surface area is 167 Å². The molecule has 6 nitrogen and oxygen atoms in total. The van der Waals surface area contributed by atoms with E-state index in [9.17, 15) is 9.90 Å². The van der Waals surface area contributed by atoms with E-state index in [0.29, 0.717) is 19.7 Å². The Morgan fingerprint density at radius 2 is 2.04 bits per heavy atom. The molecule has 1 atom stereocenters. The highest BCUT2D eigenvalue weighted by Crippen LogP contribution is 2.35. The minimum absolute atomic E-state index is 0.357. The largest absolute Gasteiger partial charge is 0.479 e. The normalized spacial score (nSPS) is 17.3. The van der Waals surface area contributed by atoms with Gasteiger partial charge in [-0.1, -0.05) is 0 Å². The molecule has 1 aliphatic carbocycles. The molecule has 0 radical (unpaired) electrons. The van der Waals surface area contributed by atoms with Crippen molar-refractivity contribution in [1.29, 1.82) is 0 Å². The molecule has 28 heavy (non-hydrogen) atoms. The van der Waals surface area contributed by atoms with Crippen LogP contribution in [0.1, 0.15) is 11.1 Å². The first kappa shape index (κ1) is 18.8. The molecule has 1 aromatic carbocycles. The number of aliphatic carboxylic acids is 1. The minimum Gasteiger partial charge on any atom is -0.479 e. The number of ether oxygens (including phenoxy) is 1. The van der Waals surface area contributed by atoms with Crippen molar-refractivity contribution in [2.24, 2.45) is 0 Å². The summed E-state index contributed by atoms with van der Waals surface area (Å²) in [6.45, 7) is 5.62. The Morgan fingerprint density at radius 3 is 2.75 bits per heavy atom. The Bertz CT molecular complexity index is 1120. The second-order valence-electron chi connectivity index (χ2n) is 7.47. The van der Waals surface area contributed by atoms with E-state index in [1.807, 2.05) is 14.1 Å². The Kier molecular flexibility index (Phi) is 4.81. The van der Waals surface area contributed by atoms with Crippen LogP contribution in [0, 0.1) is 13.8 Å². The summed E-state index contributed by atoms with van der Waals surface area (Å²) in [4.78, 5) is 19.5. The summed E-state index contributed by atoms with van der Waals surface area (Å²) in [6.07, 6.45) is -0.784. The molecule has 4 rings (SSSR count). The zero-order chi connectivity index (χ0) is 20.0. The second kappa shape index (κ2) is 7.14. The summed E-state index contributed by atoms with van der Waals surface area (Å²) in [7, 11) is 4.08. The monoisotopic (exact) mass is 398 g/mol. The number of rotatable bonds is 2. The number of aromatic nitrogens is 1. The lowest BCUT2D eigenvalue weighted by atomic mass is 10.1. The molecule has 0 saturated carbocycles. The van der Waals surface area contributed by atoms with E-state index < -0.39 is 12.1 Å². The van der Waals surface area contributed by atoms with E-state index in [1.54, 1.807) is 11.3 Å². The summed E-state index contributed by atoms with van der Waals surface area (Å²) in [5.74, 6) is -0.913. The molecular weight excluding hydrogens is 374 g/mol. The van der Waals surface area contributed by atoms with Crippen LogP contribution >= 0.6 is 11.3 Å². The van der Waals surface area contributed by atoms with Crippen LogP contribution in [0.5, 0.6) is 0 Å². The van der Waals surface area contributed by atoms with Crippen molar-refractivity contribution in [2.45, 2.75) is 20.0 Å². The summed E-state index contributed by atoms with van der Waals surface area (Å²) in [5.41, 5.74) is 5.33. The lowest BCUT2D eigenvalue weighted by molar-refractivity contribution is -0.150. The van der Waals surface area contributed by atoms with Crippen LogP contribution in [0.25, 0.3) is 20.8 Å². The number of anilines is 1. The maximum absolute atomic E-state index is 11.3. The van der Waals surface area contributed by atoms with Gasteiger partial charge < -0.3 is 14.7 Å². The van der Waals surface area contributed by atoms with Crippen molar-refractivity contribution in [3.63, 3.8) is 0 Å². The number of carboxylic acid groups (broad SMARTS) is 1. The molecular formula is C21H24N3O3S+. The van der Waals surface area contributed by atoms with Gasteiger partial charge in [0.15, 0.2) is 6.10 Å². The first-order valence-corrected chi connectivity index (χ1v) is 10.1. The van der Waals surface area contributed by atoms with E-state index in [0.717, 1.165) is 37.4 Å². The highest BCUT2D eigenvalue weighted by molar-refractivity contribution is 7.21. The predicted molar refractivity (Wildman–Crippen MR) is 112 cm³/mol. The fourth-order valence-corrected chi connectivity index (χ4v) is 4.81. The molecule has 0 amide bonds. The van der Waals surface area contributed by atoms with Crippen LogP contribution in [-0.4, -0.2) is 56.0 Å². The van der Waals surface area contributed by atoms with Gasteiger partial charge in [-0.05, 0) is 37.1 Å². The number of hydrogen-bond donors (Lipinski definition) is 1. The fraction of sp³-hybridized carbons (Fsp3) is 0.381. The molecule has 1 saturated heterocycles. The number of fused-ring (bicyclic) bond motifs is 2. The maximum atomic E-state index is 11.3. The lowest BCUT2D eigenvalue weighted by Crippen LogP contribution is -2.46. The molecule has 1 aromatic rings. The molecule has 2 heterocycles. The number of morpholine rings is 1. The van der Waals surface area contributed by atoms with Gasteiger partial charge in [-0.2, -0.15) is 0 Å². The highest BCUT2D eigenvalue weighted by Gasteiger charge is 2.27. The van der Waals surface area contributed by atoms with Crippen LogP contribution in [0.15, 0.2) is 24.3 Å². The number of aryl methyl sites for hydroxylation is 2. The van der Waals surface area contributed by atoms with E-state index >= 15 is 0 Å². The molecule has 1 fully saturated rings. The molecule has 146 valence electrons. The third-order valence-electron chi connectivity index (χ3n) is 5.17. The summed E-state index contributed by atoms with van der Waals surface area (Å²) in [5, 5.41) is 10.4. The fourth-order valence-electron chi connectivity index (χ4n) is 3.60. The van der Waals surface area contributed by atoms with Crippen molar-refractivity contribution in [1.82, 2.24) is 9.56 Å². The van der Waals surface area contributed by atoms with E-state index in [2.05, 4.69) is 47.6 Å². The average molecular weight is 399 g/mol. The second-order valence-corrected chi connectivity index (χ2v) is 8.55. The quantitative estimate of drug-likeness (QED) is 0.530. The summed E-state index contributed by atoms with van der Waals surface area (Å²) < 4.78 is 8.57. The van der Waals surface area contributed by atoms with Crippen molar-refractivity contribution < 1.29 is 14.6 Å². The first-order valence-electron chi connectivity index (χ1n) is 9.29. The van der Waals surface area contributed by atoms with Gasteiger partial charge in [-0.15, -0.1) is 11.3 Å². The van der Waals surface area contributed by atoms with Crippen LogP contribution in [-0.2, 0) is 9.53 Å². The minimum atomic E-state index is -0.913. The number of nitrogens with zero attached hydrogens (tertiary/aromatic N) is 3. The Morgan fingerprint density at radius 1 is 1.25 bits per heavy atom. The van der Waals surface area contributed by atoms with Crippen LogP contribution in [0.3, 0.4) is 0 Å². The van der Waals surface area contributed by atoms with Crippen LogP contribution in [0.4, 0.5) is 5.69 Å². The van der Waals surface area contributed by atoms with Gasteiger partial charge in [-0.3, -0.25) is 0 Å². The molecule has 7 heteroatoms. The Balaban J connectivity index is 1.86. The molecule has 1 N–H and O–H groups in total. The maximum Gasteiger partial charge on any atom is 0.334 e. The molecule has 2 aliphatic heterocycles. The first-order chi connectivity index (χ1) is 13.3. The van der Waals surface area contributed by atoms with Gasteiger partial charge in [0.1, 0.15) is 14.1 Å². The molecule has 0 spiro atoms. The number of benzene rings is 2. The number of carbonyl (C=O) groups is 1. The zero-order valence-electron chi connectivity index (χ0n) is 16.5. The topological polar surface area (TPSA) is 65.7 Å². The molecule has 3 aliphatic rings. The summed E-state index contributed by atoms with van der Waals surface area (Å²) >= 11 is 1.73. The Hall–Kier alpha value is -2.51. The average Bonchev–Trinajstić information content (AvgIpc) is 2.66. The SMILES string of the molecule is Cc1cc(=[N+](C)C)cc2sc3cc(N4CCOC(C(=O)O)C4)cc(C)c3nc1-2. The van der Waals surface area contributed by atoms with E-state index in [1.165, 1.54) is 5.56 Å². The van der Waals surface area contributed by atoms with Gasteiger partial charge in [-0.25, -0.2) is 14.4 Å². The number of carboxylic acids is 1. The number of hydrogen-bond acceptors (Lipinski definition) is 5. The predicted octanol–water partition coefficient (Wildman–Crippen LogP) is 2.34. The standard InChI is InChI=1S/C21H23N3O3S/c1-12-7-14(23(3)4)9-17-19(12)22-20-13(2)8-15(10-18(20)28-17)24-5-6-27-16(11-24)21(25)26/h7-10,16H,5-6,11H2,1-4H3/p+1. The van der Waals surface area contributed by atoms with Crippen molar-refractivity contribution >= 4 is 33.2 Å². The van der Waals surface area contributed by atoms with Crippen molar-refractivity contribution in [3.05, 3.63) is 40.7 Å². The van der Waals surface area contributed by atoms with Crippen LogP contribution in [0.2, 0.25) is 0 Å².